The summed E-state index contributed by atoms with van der Waals surface area (Å²) in [4.78, 5) is 27.4. The number of benzene rings is 4. The Hall–Kier alpha value is -3.70. The van der Waals surface area contributed by atoms with Crippen molar-refractivity contribution in [1.82, 2.24) is 4.90 Å². The van der Waals surface area contributed by atoms with Crippen molar-refractivity contribution < 1.29 is 31.7 Å². The summed E-state index contributed by atoms with van der Waals surface area (Å²) >= 11 is 13.0. The molecule has 4 aromatic rings. The molecule has 2 aliphatic rings. The first-order valence-corrected chi connectivity index (χ1v) is 14.7. The molecule has 8 nitrogen and oxygen atoms in total. The summed E-state index contributed by atoms with van der Waals surface area (Å²) in [7, 11) is -4.23. The minimum atomic E-state index is -4.23. The number of fused-ring (bicyclic) bond motifs is 2. The second-order valence-corrected chi connectivity index (χ2v) is 12.1. The number of halogens is 2. The molecule has 2 amide bonds. The molecule has 4 aromatic carbocycles. The minimum Gasteiger partial charge on any atom is -0.454 e. The van der Waals surface area contributed by atoms with Gasteiger partial charge in [-0.2, -0.15) is 8.42 Å². The van der Waals surface area contributed by atoms with E-state index in [1.807, 2.05) is 12.1 Å². The van der Waals surface area contributed by atoms with Crippen molar-refractivity contribution in [3.05, 3.63) is 98.9 Å². The van der Waals surface area contributed by atoms with Crippen molar-refractivity contribution in [3.8, 4) is 17.2 Å². The number of rotatable bonds is 6. The maximum Gasteiger partial charge on any atom is 0.339 e. The molecule has 0 atom stereocenters. The van der Waals surface area contributed by atoms with E-state index in [0.717, 1.165) is 22.0 Å². The average Bonchev–Trinajstić information content (AvgIpc) is 3.49. The molecule has 0 aromatic heterocycles. The van der Waals surface area contributed by atoms with Crippen LogP contribution in [0.5, 0.6) is 17.2 Å². The van der Waals surface area contributed by atoms with E-state index in [4.69, 9.17) is 36.9 Å². The number of thioether (sulfide) groups is 1. The second kappa shape index (κ2) is 10.4. The molecule has 12 heteroatoms. The van der Waals surface area contributed by atoms with Gasteiger partial charge in [-0.25, -0.2) is 0 Å². The highest BCUT2D eigenvalue weighted by Crippen LogP contribution is 2.41. The van der Waals surface area contributed by atoms with Crippen LogP contribution >= 0.6 is 35.0 Å². The maximum absolute atomic E-state index is 13.4. The Morgan fingerprint density at radius 3 is 2.45 bits per heavy atom. The summed E-state index contributed by atoms with van der Waals surface area (Å²) in [6.45, 7) is -0.0239. The highest BCUT2D eigenvalue weighted by molar-refractivity contribution is 8.18. The molecule has 0 unspecified atom stereocenters. The topological polar surface area (TPSA) is 99.2 Å². The molecule has 40 heavy (non-hydrogen) atoms. The van der Waals surface area contributed by atoms with Crippen LogP contribution in [0.25, 0.3) is 16.8 Å². The van der Waals surface area contributed by atoms with Gasteiger partial charge >= 0.3 is 10.1 Å². The van der Waals surface area contributed by atoms with E-state index in [2.05, 4.69) is 0 Å². The first-order valence-electron chi connectivity index (χ1n) is 11.7. The van der Waals surface area contributed by atoms with Crippen LogP contribution < -0.4 is 13.7 Å². The highest BCUT2D eigenvalue weighted by atomic mass is 35.5. The Morgan fingerprint density at radius 2 is 1.68 bits per heavy atom. The molecule has 6 rings (SSSR count). The molecule has 1 fully saturated rings. The van der Waals surface area contributed by atoms with Crippen LogP contribution in [-0.2, 0) is 21.5 Å². The summed E-state index contributed by atoms with van der Waals surface area (Å²) in [5.74, 6) is 0.406. The third-order valence-electron chi connectivity index (χ3n) is 6.25. The van der Waals surface area contributed by atoms with E-state index in [-0.39, 0.29) is 28.9 Å². The van der Waals surface area contributed by atoms with Crippen molar-refractivity contribution in [2.75, 3.05) is 6.79 Å². The van der Waals surface area contributed by atoms with Gasteiger partial charge in [0.1, 0.15) is 4.90 Å². The predicted octanol–water partition coefficient (Wildman–Crippen LogP) is 6.88. The lowest BCUT2D eigenvalue weighted by molar-refractivity contribution is -0.123. The van der Waals surface area contributed by atoms with Crippen LogP contribution in [0.2, 0.25) is 10.0 Å². The second-order valence-electron chi connectivity index (χ2n) is 8.75. The van der Waals surface area contributed by atoms with Crippen molar-refractivity contribution in [2.24, 2.45) is 0 Å². The molecule has 202 valence electrons. The minimum absolute atomic E-state index is 0.000681. The van der Waals surface area contributed by atoms with Gasteiger partial charge in [-0.3, -0.25) is 14.5 Å². The van der Waals surface area contributed by atoms with Crippen molar-refractivity contribution in [2.45, 2.75) is 11.4 Å². The van der Waals surface area contributed by atoms with Crippen molar-refractivity contribution >= 4 is 73.1 Å². The fourth-order valence-electron chi connectivity index (χ4n) is 4.28. The Labute approximate surface area is 243 Å². The molecule has 0 spiro atoms. The van der Waals surface area contributed by atoms with Crippen LogP contribution in [-0.4, -0.2) is 31.3 Å². The highest BCUT2D eigenvalue weighted by Gasteiger charge is 2.36. The molecule has 0 aliphatic carbocycles. The first kappa shape index (κ1) is 26.5. The largest absolute Gasteiger partial charge is 0.454 e. The molecule has 0 radical (unpaired) electrons. The molecule has 0 bridgehead atoms. The Kier molecular flexibility index (Phi) is 6.87. The zero-order chi connectivity index (χ0) is 28.0. The normalized spacial score (nSPS) is 15.8. The number of nitrogens with zero attached hydrogens (tertiary/aromatic N) is 1. The Balaban J connectivity index is 1.36. The van der Waals surface area contributed by atoms with E-state index in [1.54, 1.807) is 30.3 Å². The number of carbonyl (C=O) groups excluding carboxylic acids is 2. The van der Waals surface area contributed by atoms with Crippen LogP contribution in [0, 0.1) is 0 Å². The number of hydrogen-bond acceptors (Lipinski definition) is 8. The van der Waals surface area contributed by atoms with Crippen LogP contribution in [0.3, 0.4) is 0 Å². The fraction of sp³-hybridized carbons (Fsp3) is 0.0714. The SMILES string of the molecule is O=C1S/C(=C\c2c(OS(=O)(=O)c3ccc(Cl)cc3)ccc3ccccc23)C(=O)N1Cc1cc2c(cc1Cl)OCO2. The van der Waals surface area contributed by atoms with E-state index < -0.39 is 21.3 Å². The van der Waals surface area contributed by atoms with Gasteiger partial charge in [0.2, 0.25) is 6.79 Å². The number of ether oxygens (including phenoxy) is 2. The van der Waals surface area contributed by atoms with E-state index in [9.17, 15) is 18.0 Å². The molecule has 1 saturated heterocycles. The molecule has 0 saturated carbocycles. The monoisotopic (exact) mass is 613 g/mol. The van der Waals surface area contributed by atoms with E-state index >= 15 is 0 Å². The van der Waals surface area contributed by atoms with Gasteiger partial charge < -0.3 is 13.7 Å². The summed E-state index contributed by atoms with van der Waals surface area (Å²) in [5.41, 5.74) is 0.847. The molecule has 2 aliphatic heterocycles. The van der Waals surface area contributed by atoms with Crippen molar-refractivity contribution in [1.29, 1.82) is 0 Å². The number of amides is 2. The van der Waals surface area contributed by atoms with E-state index in [1.165, 1.54) is 36.4 Å². The number of hydrogen-bond donors (Lipinski definition) is 0. The quantitative estimate of drug-likeness (QED) is 0.171. The number of imide groups is 1. The average molecular weight is 614 g/mol. The zero-order valence-corrected chi connectivity index (χ0v) is 23.4. The summed E-state index contributed by atoms with van der Waals surface area (Å²) < 4.78 is 42.4. The summed E-state index contributed by atoms with van der Waals surface area (Å²) in [5, 5.41) is 1.63. The summed E-state index contributed by atoms with van der Waals surface area (Å²) in [6.07, 6.45) is 1.47. The van der Waals surface area contributed by atoms with Crippen LogP contribution in [0.4, 0.5) is 4.79 Å². The molecule has 2 heterocycles. The molecular formula is C28H17Cl2NO7S2. The fourth-order valence-corrected chi connectivity index (χ4v) is 6.39. The first-order chi connectivity index (χ1) is 19.2. The zero-order valence-electron chi connectivity index (χ0n) is 20.3. The van der Waals surface area contributed by atoms with Gasteiger partial charge in [0.25, 0.3) is 11.1 Å². The van der Waals surface area contributed by atoms with E-state index in [0.29, 0.717) is 38.1 Å². The smallest absolute Gasteiger partial charge is 0.339 e. The summed E-state index contributed by atoms with van der Waals surface area (Å²) in [6, 6.07) is 19.2. The molecule has 0 N–H and O–H groups in total. The van der Waals surface area contributed by atoms with Crippen molar-refractivity contribution in [3.63, 3.8) is 0 Å². The van der Waals surface area contributed by atoms with Gasteiger partial charge in [0, 0.05) is 21.7 Å². The Morgan fingerprint density at radius 1 is 0.950 bits per heavy atom. The third kappa shape index (κ3) is 4.99. The lowest BCUT2D eigenvalue weighted by atomic mass is 10.0. The third-order valence-corrected chi connectivity index (χ3v) is 9.01. The Bertz CT molecular complexity index is 1840. The van der Waals surface area contributed by atoms with Gasteiger partial charge in [-0.1, -0.05) is 53.5 Å². The lowest BCUT2D eigenvalue weighted by Gasteiger charge is -2.14. The van der Waals surface area contributed by atoms with Crippen LogP contribution in [0.15, 0.2) is 82.6 Å². The van der Waals surface area contributed by atoms with Gasteiger partial charge in [0.05, 0.1) is 11.4 Å². The predicted molar refractivity (Wildman–Crippen MR) is 152 cm³/mol. The number of carbonyl (C=O) groups is 2. The van der Waals surface area contributed by atoms with Gasteiger partial charge in [-0.15, -0.1) is 0 Å². The van der Waals surface area contributed by atoms with Gasteiger partial charge in [0.15, 0.2) is 17.2 Å². The van der Waals surface area contributed by atoms with Gasteiger partial charge in [-0.05, 0) is 70.6 Å². The molecular weight excluding hydrogens is 597 g/mol. The van der Waals surface area contributed by atoms with Crippen LogP contribution in [0.1, 0.15) is 11.1 Å². The maximum atomic E-state index is 13.4. The lowest BCUT2D eigenvalue weighted by Crippen LogP contribution is -2.27. The standard InChI is InChI=1S/C28H17Cl2NO7S2/c29-18-6-8-19(9-7-18)40(34,35)38-23-10-5-16-3-1-2-4-20(16)21(23)12-26-27(32)31(28(33)39-26)14-17-11-24-25(13-22(17)30)37-15-36-24/h1-13H,14-15H2/b26-12-.